The van der Waals surface area contributed by atoms with E-state index < -0.39 is 0 Å². The Morgan fingerprint density at radius 3 is 2.00 bits per heavy atom. The summed E-state index contributed by atoms with van der Waals surface area (Å²) in [5, 5.41) is 0. The van der Waals surface area contributed by atoms with Gasteiger partial charge in [-0.15, -0.1) is 0 Å². The molecule has 49 valence electrons. The summed E-state index contributed by atoms with van der Waals surface area (Å²) in [6, 6.07) is 0. The van der Waals surface area contributed by atoms with Crippen LogP contribution >= 0.6 is 0 Å². The van der Waals surface area contributed by atoms with Crippen LogP contribution in [0.15, 0.2) is 0 Å². The summed E-state index contributed by atoms with van der Waals surface area (Å²) < 4.78 is 0. The Morgan fingerprint density at radius 1 is 1.38 bits per heavy atom. The van der Waals surface area contributed by atoms with Crippen LogP contribution < -0.4 is 5.73 Å². The summed E-state index contributed by atoms with van der Waals surface area (Å²) in [4.78, 5) is 0. The highest BCUT2D eigenvalue weighted by atomic mass is 14.5. The highest BCUT2D eigenvalue weighted by Crippen LogP contribution is 2.06. The van der Waals surface area contributed by atoms with Gasteiger partial charge in [-0.3, -0.25) is 0 Å². The van der Waals surface area contributed by atoms with Crippen LogP contribution in [0, 0.1) is 18.3 Å². The van der Waals surface area contributed by atoms with Crippen LogP contribution in [0.2, 0.25) is 0 Å². The molecule has 1 heteroatoms. The fourth-order valence-electron chi connectivity index (χ4n) is 0.736. The molecule has 8 heavy (non-hydrogen) atoms. The normalized spacial score (nSPS) is 14.6. The molecule has 1 radical (unpaired) electrons. The van der Waals surface area contributed by atoms with E-state index in [1.807, 2.05) is 0 Å². The monoisotopic (exact) mass is 114 g/mol. The van der Waals surface area contributed by atoms with Gasteiger partial charge in [0, 0.05) is 0 Å². The van der Waals surface area contributed by atoms with Crippen LogP contribution in [0.25, 0.3) is 0 Å². The molecule has 0 aromatic carbocycles. The van der Waals surface area contributed by atoms with Gasteiger partial charge in [0.05, 0.1) is 0 Å². The van der Waals surface area contributed by atoms with Crippen molar-refractivity contribution >= 4 is 0 Å². The second-order valence-electron chi connectivity index (χ2n) is 2.65. The average molecular weight is 114 g/mol. The molecule has 0 spiro atoms. The molecule has 0 aromatic heterocycles. The predicted molar refractivity (Wildman–Crippen MR) is 37.4 cm³/mol. The molecule has 0 fully saturated rings. The van der Waals surface area contributed by atoms with Gasteiger partial charge in [-0.1, -0.05) is 20.8 Å². The lowest BCUT2D eigenvalue weighted by Gasteiger charge is -2.09. The number of nitrogens with two attached hydrogens (primary N) is 1. The van der Waals surface area contributed by atoms with Gasteiger partial charge in [0.25, 0.3) is 0 Å². The van der Waals surface area contributed by atoms with Crippen molar-refractivity contribution in [2.75, 3.05) is 6.54 Å². The minimum absolute atomic E-state index is 0.579. The van der Waals surface area contributed by atoms with Crippen LogP contribution in [-0.2, 0) is 0 Å². The molecule has 0 heterocycles. The molecule has 0 aliphatic carbocycles. The van der Waals surface area contributed by atoms with E-state index in [-0.39, 0.29) is 0 Å². The Labute approximate surface area is 52.3 Å². The van der Waals surface area contributed by atoms with Gasteiger partial charge in [-0.05, 0) is 24.8 Å². The third-order valence-corrected chi connectivity index (χ3v) is 1.09. The molecule has 1 nitrogen and oxygen atoms in total. The highest BCUT2D eigenvalue weighted by Gasteiger charge is 2.00. The van der Waals surface area contributed by atoms with E-state index in [0.29, 0.717) is 11.8 Å². The Morgan fingerprint density at radius 2 is 1.88 bits per heavy atom. The lowest BCUT2D eigenvalue weighted by Crippen LogP contribution is -2.13. The Balaban J connectivity index is 3.10. The molecule has 0 bridgehead atoms. The van der Waals surface area contributed by atoms with Crippen molar-refractivity contribution in [3.05, 3.63) is 6.42 Å². The van der Waals surface area contributed by atoms with E-state index in [2.05, 4.69) is 27.2 Å². The molecule has 0 amide bonds. The van der Waals surface area contributed by atoms with E-state index >= 15 is 0 Å². The van der Waals surface area contributed by atoms with Gasteiger partial charge in [0.1, 0.15) is 0 Å². The maximum absolute atomic E-state index is 5.39. The first-order chi connectivity index (χ1) is 3.66. The zero-order chi connectivity index (χ0) is 6.57. The van der Waals surface area contributed by atoms with Gasteiger partial charge in [-0.2, -0.15) is 0 Å². The van der Waals surface area contributed by atoms with Gasteiger partial charge in [0.15, 0.2) is 0 Å². The molecular formula is C7H16N. The van der Waals surface area contributed by atoms with Crippen molar-refractivity contribution in [3.63, 3.8) is 0 Å². The first kappa shape index (κ1) is 7.96. The second-order valence-corrected chi connectivity index (χ2v) is 2.65. The quantitative estimate of drug-likeness (QED) is 0.590. The lowest BCUT2D eigenvalue weighted by molar-refractivity contribution is 0.582. The standard InChI is InChI=1S/C7H16N/c1-6(2)4-7(3)5-8/h4,6-7H,5,8H2,1-3H3. The van der Waals surface area contributed by atoms with Crippen molar-refractivity contribution in [2.24, 2.45) is 17.6 Å². The summed E-state index contributed by atoms with van der Waals surface area (Å²) in [5.41, 5.74) is 5.39. The molecule has 0 aromatic rings. The van der Waals surface area contributed by atoms with Crippen LogP contribution in [-0.4, -0.2) is 6.54 Å². The van der Waals surface area contributed by atoms with E-state index in [4.69, 9.17) is 5.73 Å². The smallest absolute Gasteiger partial charge is 0.00487 e. The van der Waals surface area contributed by atoms with Crippen molar-refractivity contribution in [3.8, 4) is 0 Å². The molecule has 2 N–H and O–H groups in total. The average Bonchev–Trinajstić information content (AvgIpc) is 1.65. The fourth-order valence-corrected chi connectivity index (χ4v) is 0.736. The van der Waals surface area contributed by atoms with Crippen molar-refractivity contribution < 1.29 is 0 Å². The van der Waals surface area contributed by atoms with Crippen LogP contribution in [0.1, 0.15) is 20.8 Å². The van der Waals surface area contributed by atoms with E-state index in [9.17, 15) is 0 Å². The zero-order valence-electron chi connectivity index (χ0n) is 6.02. The van der Waals surface area contributed by atoms with Crippen LogP contribution in [0.4, 0.5) is 0 Å². The molecule has 0 aliphatic rings. The number of hydrogen-bond donors (Lipinski definition) is 1. The second kappa shape index (κ2) is 3.90. The maximum Gasteiger partial charge on any atom is -0.00487 e. The molecule has 0 rings (SSSR count). The summed E-state index contributed by atoms with van der Waals surface area (Å²) in [6.45, 7) is 7.26. The topological polar surface area (TPSA) is 26.0 Å². The molecule has 0 aliphatic heterocycles. The third-order valence-electron chi connectivity index (χ3n) is 1.09. The molecule has 0 saturated carbocycles. The predicted octanol–water partition coefficient (Wildman–Crippen LogP) is 1.44. The Hall–Kier alpha value is -0.0400. The van der Waals surface area contributed by atoms with E-state index in [0.717, 1.165) is 6.54 Å². The van der Waals surface area contributed by atoms with Gasteiger partial charge in [0.2, 0.25) is 0 Å². The summed E-state index contributed by atoms with van der Waals surface area (Å²) in [7, 11) is 0. The Bertz CT molecular complexity index is 50.3. The van der Waals surface area contributed by atoms with Gasteiger partial charge in [-0.25, -0.2) is 0 Å². The summed E-state index contributed by atoms with van der Waals surface area (Å²) in [5.74, 6) is 1.25. The minimum atomic E-state index is 0.579. The first-order valence-electron chi connectivity index (χ1n) is 3.22. The molecular weight excluding hydrogens is 98.1 g/mol. The Kier molecular flexibility index (Phi) is 3.88. The van der Waals surface area contributed by atoms with Crippen LogP contribution in [0.3, 0.4) is 0 Å². The van der Waals surface area contributed by atoms with E-state index in [1.54, 1.807) is 0 Å². The van der Waals surface area contributed by atoms with Crippen LogP contribution in [0.5, 0.6) is 0 Å². The lowest BCUT2D eigenvalue weighted by atomic mass is 9.99. The minimum Gasteiger partial charge on any atom is -0.330 e. The molecule has 0 saturated heterocycles. The van der Waals surface area contributed by atoms with Gasteiger partial charge < -0.3 is 5.73 Å². The number of rotatable bonds is 3. The SMILES string of the molecule is CC(C)[CH]C(C)CN. The van der Waals surface area contributed by atoms with E-state index in [1.165, 1.54) is 0 Å². The largest absolute Gasteiger partial charge is 0.330 e. The fraction of sp³-hybridized carbons (Fsp3) is 0.857. The summed E-state index contributed by atoms with van der Waals surface area (Å²) >= 11 is 0. The highest BCUT2D eigenvalue weighted by molar-refractivity contribution is 4.75. The third kappa shape index (κ3) is 4.13. The van der Waals surface area contributed by atoms with Gasteiger partial charge >= 0.3 is 0 Å². The van der Waals surface area contributed by atoms with Crippen molar-refractivity contribution in [2.45, 2.75) is 20.8 Å². The molecule has 1 unspecified atom stereocenters. The van der Waals surface area contributed by atoms with Crippen molar-refractivity contribution in [1.29, 1.82) is 0 Å². The zero-order valence-corrected chi connectivity index (χ0v) is 6.02. The number of hydrogen-bond acceptors (Lipinski definition) is 1. The maximum atomic E-state index is 5.39. The molecule has 1 atom stereocenters. The summed E-state index contributed by atoms with van der Waals surface area (Å²) in [6.07, 6.45) is 2.26. The van der Waals surface area contributed by atoms with Crippen molar-refractivity contribution in [1.82, 2.24) is 0 Å². The first-order valence-corrected chi connectivity index (χ1v) is 3.22.